The minimum absolute atomic E-state index is 0.000917. The van der Waals surface area contributed by atoms with E-state index in [1.807, 2.05) is 0 Å². The number of hydrogen-bond donors (Lipinski definition) is 1. The van der Waals surface area contributed by atoms with Crippen LogP contribution in [0.3, 0.4) is 0 Å². The molecule has 0 saturated heterocycles. The lowest BCUT2D eigenvalue weighted by atomic mass is 10.0. The molecule has 0 saturated carbocycles. The summed E-state index contributed by atoms with van der Waals surface area (Å²) in [5.74, 6) is 0. The molecule has 0 aromatic heterocycles. The summed E-state index contributed by atoms with van der Waals surface area (Å²) in [6, 6.07) is 6.50. The Morgan fingerprint density at radius 1 is 0.727 bits per heavy atom. The van der Waals surface area contributed by atoms with E-state index in [4.69, 9.17) is 110 Å². The van der Waals surface area contributed by atoms with E-state index < -0.39 is 16.8 Å². The van der Waals surface area contributed by atoms with Gasteiger partial charge in [0.2, 0.25) is 8.13 Å². The summed E-state index contributed by atoms with van der Waals surface area (Å²) in [6.45, 7) is 0.000917. The van der Waals surface area contributed by atoms with Crippen LogP contribution in [-0.2, 0) is 10.8 Å². The maximum Gasteiger partial charge on any atom is 0.226 e. The van der Waals surface area contributed by atoms with E-state index in [0.717, 1.165) is 5.56 Å². The van der Waals surface area contributed by atoms with E-state index in [1.54, 1.807) is 24.3 Å². The number of aliphatic hydroxyl groups excluding tert-OH is 1. The number of benzene rings is 1. The van der Waals surface area contributed by atoms with Gasteiger partial charge in [-0.25, -0.2) is 0 Å². The Kier molecular flexibility index (Phi) is 7.52. The minimum Gasteiger partial charge on any atom is -0.396 e. The molecule has 1 aromatic carbocycles. The van der Waals surface area contributed by atoms with Crippen molar-refractivity contribution in [2.24, 2.45) is 0 Å². The average molecular weight is 488 g/mol. The summed E-state index contributed by atoms with van der Waals surface area (Å²) in [4.78, 5) is 0. The van der Waals surface area contributed by atoms with Crippen LogP contribution >= 0.6 is 104 Å². The Balaban J connectivity index is 3.26. The highest BCUT2D eigenvalue weighted by molar-refractivity contribution is 6.80. The first-order valence-electron chi connectivity index (χ1n) is 5.69. The van der Waals surface area contributed by atoms with E-state index >= 15 is 0 Å². The van der Waals surface area contributed by atoms with Crippen molar-refractivity contribution in [3.63, 3.8) is 0 Å². The van der Waals surface area contributed by atoms with Gasteiger partial charge in [-0.1, -0.05) is 129 Å². The smallest absolute Gasteiger partial charge is 0.226 e. The Bertz CT molecular complexity index is 504. The molecule has 0 aliphatic heterocycles. The Morgan fingerprint density at radius 2 is 1.18 bits per heavy atom. The van der Waals surface area contributed by atoms with Crippen LogP contribution in [0.2, 0.25) is 0 Å². The van der Waals surface area contributed by atoms with Gasteiger partial charge in [0.25, 0.3) is 0 Å². The number of aliphatic hydroxyl groups is 1. The third kappa shape index (κ3) is 4.12. The van der Waals surface area contributed by atoms with Crippen LogP contribution in [0.4, 0.5) is 0 Å². The van der Waals surface area contributed by atoms with Crippen molar-refractivity contribution in [3.8, 4) is 0 Å². The Labute approximate surface area is 173 Å². The van der Waals surface area contributed by atoms with Crippen LogP contribution in [-0.4, -0.2) is 24.2 Å². The molecule has 0 aliphatic rings. The zero-order valence-electron chi connectivity index (χ0n) is 10.6. The van der Waals surface area contributed by atoms with Gasteiger partial charge in [0.05, 0.1) is 0 Å². The summed E-state index contributed by atoms with van der Waals surface area (Å²) in [5.41, 5.74) is 1.15. The van der Waals surface area contributed by atoms with Crippen molar-refractivity contribution in [1.29, 1.82) is 0 Å². The maximum absolute atomic E-state index is 8.90. The highest BCUT2D eigenvalue weighted by atomic mass is 35.6. The van der Waals surface area contributed by atoms with Gasteiger partial charge in [0, 0.05) is 6.61 Å². The highest BCUT2D eigenvalue weighted by Crippen LogP contribution is 2.65. The standard InChI is InChI=1S/C12H9Cl9O/c13-9(14,8-3-1-7(2-4-8)5-6-22)10(15,16)11(17,18)12(19,20)21/h1-4,22H,5-6H2. The molecule has 0 fully saturated rings. The molecule has 0 spiro atoms. The lowest BCUT2D eigenvalue weighted by molar-refractivity contribution is 0.299. The van der Waals surface area contributed by atoms with Gasteiger partial charge in [0.15, 0.2) is 8.67 Å². The maximum atomic E-state index is 8.90. The van der Waals surface area contributed by atoms with Crippen molar-refractivity contribution >= 4 is 104 Å². The molecule has 1 aromatic rings. The molecule has 0 aliphatic carbocycles. The van der Waals surface area contributed by atoms with Gasteiger partial charge in [-0.3, -0.25) is 0 Å². The molecule has 0 heterocycles. The molecule has 22 heavy (non-hydrogen) atoms. The SMILES string of the molecule is OCCc1ccc(C(Cl)(Cl)C(Cl)(Cl)C(Cl)(Cl)C(Cl)(Cl)Cl)cc1. The van der Waals surface area contributed by atoms with Crippen LogP contribution in [0.25, 0.3) is 0 Å². The van der Waals surface area contributed by atoms with Gasteiger partial charge < -0.3 is 5.11 Å². The van der Waals surface area contributed by atoms with Crippen LogP contribution in [0.1, 0.15) is 11.1 Å². The summed E-state index contributed by atoms with van der Waals surface area (Å²) in [6.07, 6.45) is 0.466. The molecular weight excluding hydrogens is 479 g/mol. The molecule has 0 bridgehead atoms. The van der Waals surface area contributed by atoms with Gasteiger partial charge in [0.1, 0.15) is 0 Å². The van der Waals surface area contributed by atoms with Crippen molar-refractivity contribution < 1.29 is 5.11 Å². The molecule has 0 amide bonds. The molecule has 0 radical (unpaired) electrons. The van der Waals surface area contributed by atoms with Crippen LogP contribution in [0, 0.1) is 0 Å². The van der Waals surface area contributed by atoms with Crippen molar-refractivity contribution in [2.45, 2.75) is 23.2 Å². The highest BCUT2D eigenvalue weighted by Gasteiger charge is 2.68. The van der Waals surface area contributed by atoms with Crippen molar-refractivity contribution in [3.05, 3.63) is 35.4 Å². The lowest BCUT2D eigenvalue weighted by Crippen LogP contribution is -2.54. The molecule has 0 unspecified atom stereocenters. The predicted octanol–water partition coefficient (Wildman–Crippen LogP) is 6.57. The first kappa shape index (κ1) is 21.8. The molecule has 126 valence electrons. The quantitative estimate of drug-likeness (QED) is 0.465. The van der Waals surface area contributed by atoms with Crippen LogP contribution < -0.4 is 0 Å². The zero-order chi connectivity index (χ0) is 17.4. The summed E-state index contributed by atoms with van der Waals surface area (Å²) >= 11 is 54.1. The fraction of sp³-hybridized carbons (Fsp3) is 0.500. The van der Waals surface area contributed by atoms with Gasteiger partial charge >= 0.3 is 0 Å². The molecule has 0 atom stereocenters. The summed E-state index contributed by atoms with van der Waals surface area (Å²) in [7, 11) is 0. The first-order valence-corrected chi connectivity index (χ1v) is 9.09. The number of alkyl halides is 9. The van der Waals surface area contributed by atoms with Gasteiger partial charge in [-0.15, -0.1) is 0 Å². The summed E-state index contributed by atoms with van der Waals surface area (Å²) in [5, 5.41) is 8.90. The van der Waals surface area contributed by atoms with E-state index in [0.29, 0.717) is 12.0 Å². The van der Waals surface area contributed by atoms with Crippen molar-refractivity contribution in [2.75, 3.05) is 6.61 Å². The van der Waals surface area contributed by atoms with E-state index in [1.165, 1.54) is 0 Å². The number of hydrogen-bond acceptors (Lipinski definition) is 1. The lowest BCUT2D eigenvalue weighted by Gasteiger charge is -2.44. The normalized spacial score (nSPS) is 14.3. The molecule has 1 nitrogen and oxygen atoms in total. The monoisotopic (exact) mass is 484 g/mol. The third-order valence-electron chi connectivity index (χ3n) is 2.86. The van der Waals surface area contributed by atoms with Gasteiger partial charge in [-0.05, 0) is 17.5 Å². The van der Waals surface area contributed by atoms with E-state index in [9.17, 15) is 0 Å². The molecule has 1 N–H and O–H groups in total. The second kappa shape index (κ2) is 7.58. The second-order valence-electron chi connectivity index (χ2n) is 4.39. The molecular formula is C12H9Cl9O. The fourth-order valence-corrected chi connectivity index (χ4v) is 3.80. The van der Waals surface area contributed by atoms with Gasteiger partial charge in [-0.2, -0.15) is 0 Å². The third-order valence-corrected chi connectivity index (χ3v) is 8.34. The number of halogens is 9. The summed E-state index contributed by atoms with van der Waals surface area (Å²) < 4.78 is -8.83. The Hall–Kier alpha value is 1.79. The average Bonchev–Trinajstić information content (AvgIpc) is 2.38. The van der Waals surface area contributed by atoms with Crippen molar-refractivity contribution in [1.82, 2.24) is 0 Å². The minimum atomic E-state index is -2.32. The topological polar surface area (TPSA) is 20.2 Å². The van der Waals surface area contributed by atoms with E-state index in [2.05, 4.69) is 0 Å². The van der Waals surface area contributed by atoms with Crippen LogP contribution in [0.5, 0.6) is 0 Å². The fourth-order valence-electron chi connectivity index (χ4n) is 1.57. The number of rotatable bonds is 5. The predicted molar refractivity (Wildman–Crippen MR) is 99.8 cm³/mol. The molecule has 10 heteroatoms. The largest absolute Gasteiger partial charge is 0.396 e. The van der Waals surface area contributed by atoms with E-state index in [-0.39, 0.29) is 6.61 Å². The Morgan fingerprint density at radius 3 is 1.55 bits per heavy atom. The molecule has 1 rings (SSSR count). The van der Waals surface area contributed by atoms with Crippen LogP contribution in [0.15, 0.2) is 24.3 Å². The second-order valence-corrected chi connectivity index (χ2v) is 10.7. The zero-order valence-corrected chi connectivity index (χ0v) is 17.4. The first-order chi connectivity index (χ1) is 9.79.